The number of imidazole rings is 1. The maximum atomic E-state index is 6.54. The zero-order chi connectivity index (χ0) is 20.3. The molecule has 3 atom stereocenters. The van der Waals surface area contributed by atoms with Gasteiger partial charge < -0.3 is 14.0 Å². The monoisotopic (exact) mass is 492 g/mol. The molecule has 1 aliphatic heterocycles. The number of hydrogen-bond acceptors (Lipinski definition) is 4. The third-order valence-electron chi connectivity index (χ3n) is 5.11. The van der Waals surface area contributed by atoms with Gasteiger partial charge in [0.2, 0.25) is 0 Å². The second-order valence-electron chi connectivity index (χ2n) is 7.24. The zero-order valence-electron chi connectivity index (χ0n) is 15.7. The van der Waals surface area contributed by atoms with Crippen molar-refractivity contribution in [2.45, 2.75) is 36.5 Å². The quantitative estimate of drug-likeness (QED) is 0.428. The molecule has 7 heteroatoms. The Morgan fingerprint density at radius 1 is 1.28 bits per heavy atom. The van der Waals surface area contributed by atoms with E-state index in [-0.39, 0.29) is 11.4 Å². The first-order valence-electron chi connectivity index (χ1n) is 9.48. The first kappa shape index (κ1) is 20.9. The van der Waals surface area contributed by atoms with Crippen LogP contribution in [-0.2, 0) is 22.4 Å². The summed E-state index contributed by atoms with van der Waals surface area (Å²) in [6, 6.07) is 16.1. The third-order valence-corrected chi connectivity index (χ3v) is 6.49. The fraction of sp³-hybridized carbons (Fsp3) is 0.318. The van der Waals surface area contributed by atoms with E-state index in [2.05, 4.69) is 33.0 Å². The van der Waals surface area contributed by atoms with Crippen molar-refractivity contribution >= 4 is 40.2 Å². The van der Waals surface area contributed by atoms with Crippen LogP contribution >= 0.6 is 40.2 Å². The van der Waals surface area contributed by atoms with Crippen molar-refractivity contribution in [3.05, 3.63) is 87.9 Å². The molecule has 4 nitrogen and oxygen atoms in total. The molecule has 3 aromatic rings. The van der Waals surface area contributed by atoms with Crippen molar-refractivity contribution in [2.24, 2.45) is 0 Å². The number of ether oxygens (including phenoxy) is 2. The lowest BCUT2D eigenvalue weighted by atomic mass is 10.0. The molecule has 0 aliphatic carbocycles. The van der Waals surface area contributed by atoms with Crippen LogP contribution in [0.1, 0.15) is 22.8 Å². The van der Waals surface area contributed by atoms with Crippen LogP contribution in [-0.4, -0.2) is 28.0 Å². The molecular formula is C22H22BrClN2O2S. The fourth-order valence-corrected chi connectivity index (χ4v) is 4.43. The Balaban J connectivity index is 1.50. The SMILES string of the molecule is SC(c1cccc(Br)c1)[C@@H]1CO[C@@](CCc2ccc(Cl)cc2)(Cn2ccnc2)O1. The van der Waals surface area contributed by atoms with E-state index in [4.69, 9.17) is 33.7 Å². The van der Waals surface area contributed by atoms with E-state index in [0.717, 1.165) is 27.9 Å². The number of hydrogen-bond donors (Lipinski definition) is 1. The predicted octanol–water partition coefficient (Wildman–Crippen LogP) is 5.71. The molecule has 0 spiro atoms. The maximum Gasteiger partial charge on any atom is 0.187 e. The molecule has 2 aromatic carbocycles. The lowest BCUT2D eigenvalue weighted by molar-refractivity contribution is -0.182. The van der Waals surface area contributed by atoms with Gasteiger partial charge in [-0.3, -0.25) is 0 Å². The minimum absolute atomic E-state index is 0.0762. The van der Waals surface area contributed by atoms with Crippen molar-refractivity contribution in [3.63, 3.8) is 0 Å². The Bertz CT molecular complexity index is 938. The zero-order valence-corrected chi connectivity index (χ0v) is 19.0. The summed E-state index contributed by atoms with van der Waals surface area (Å²) < 4.78 is 15.8. The molecule has 2 heterocycles. The number of rotatable bonds is 7. The van der Waals surface area contributed by atoms with Crippen LogP contribution in [0.4, 0.5) is 0 Å². The Labute approximate surface area is 189 Å². The molecule has 0 saturated carbocycles. The molecule has 1 unspecified atom stereocenters. The van der Waals surface area contributed by atoms with Gasteiger partial charge in [-0.05, 0) is 41.8 Å². The van der Waals surface area contributed by atoms with E-state index in [1.54, 1.807) is 12.5 Å². The van der Waals surface area contributed by atoms with Crippen LogP contribution in [0, 0.1) is 0 Å². The Hall–Kier alpha value is -1.31. The fourth-order valence-electron chi connectivity index (χ4n) is 3.58. The van der Waals surface area contributed by atoms with Gasteiger partial charge in [0, 0.05) is 28.3 Å². The van der Waals surface area contributed by atoms with Gasteiger partial charge in [0.25, 0.3) is 0 Å². The summed E-state index contributed by atoms with van der Waals surface area (Å²) in [5, 5.41) is 0.662. The van der Waals surface area contributed by atoms with Gasteiger partial charge in [-0.15, -0.1) is 0 Å². The van der Waals surface area contributed by atoms with Crippen molar-refractivity contribution in [3.8, 4) is 0 Å². The molecule has 0 N–H and O–H groups in total. The van der Waals surface area contributed by atoms with Gasteiger partial charge in [0.15, 0.2) is 5.79 Å². The topological polar surface area (TPSA) is 36.3 Å². The number of nitrogens with zero attached hydrogens (tertiary/aromatic N) is 2. The first-order valence-corrected chi connectivity index (χ1v) is 11.2. The maximum absolute atomic E-state index is 6.54. The molecule has 1 saturated heterocycles. The molecule has 1 aromatic heterocycles. The second-order valence-corrected chi connectivity index (χ2v) is 9.15. The molecule has 0 bridgehead atoms. The Morgan fingerprint density at radius 2 is 2.10 bits per heavy atom. The summed E-state index contributed by atoms with van der Waals surface area (Å²) >= 11 is 14.4. The first-order chi connectivity index (χ1) is 14.0. The summed E-state index contributed by atoms with van der Waals surface area (Å²) in [6.45, 7) is 1.08. The Kier molecular flexibility index (Phi) is 6.66. The van der Waals surface area contributed by atoms with E-state index < -0.39 is 5.79 Å². The highest BCUT2D eigenvalue weighted by atomic mass is 79.9. The van der Waals surface area contributed by atoms with Gasteiger partial charge in [-0.2, -0.15) is 12.6 Å². The van der Waals surface area contributed by atoms with Crippen LogP contribution in [0.25, 0.3) is 0 Å². The summed E-state index contributed by atoms with van der Waals surface area (Å²) in [5.41, 5.74) is 2.30. The summed E-state index contributed by atoms with van der Waals surface area (Å²) in [6.07, 6.45) is 6.89. The van der Waals surface area contributed by atoms with Crippen LogP contribution in [0.3, 0.4) is 0 Å². The summed E-state index contributed by atoms with van der Waals surface area (Å²) in [4.78, 5) is 4.15. The summed E-state index contributed by atoms with van der Waals surface area (Å²) in [5.74, 6) is -0.724. The summed E-state index contributed by atoms with van der Waals surface area (Å²) in [7, 11) is 0. The number of aromatic nitrogens is 2. The minimum atomic E-state index is -0.724. The normalized spacial score (nSPS) is 22.7. The molecule has 0 radical (unpaired) electrons. The van der Waals surface area contributed by atoms with Crippen molar-refractivity contribution in [2.75, 3.05) is 6.61 Å². The van der Waals surface area contributed by atoms with Crippen LogP contribution < -0.4 is 0 Å². The van der Waals surface area contributed by atoms with Crippen molar-refractivity contribution in [1.29, 1.82) is 0 Å². The average molecular weight is 494 g/mol. The lowest BCUT2D eigenvalue weighted by Crippen LogP contribution is -2.37. The molecule has 0 amide bonds. The van der Waals surface area contributed by atoms with E-state index in [9.17, 15) is 0 Å². The molecule has 29 heavy (non-hydrogen) atoms. The standard InChI is InChI=1S/C22H22BrClN2O2S/c23-18-3-1-2-17(12-18)21(29)20-13-27-22(28-20,14-26-11-10-25-15-26)9-8-16-4-6-19(24)7-5-16/h1-7,10-12,15,20-21,29H,8-9,13-14H2/t20-,21?,22+/m0/s1. The highest BCUT2D eigenvalue weighted by Crippen LogP contribution is 2.38. The van der Waals surface area contributed by atoms with Gasteiger partial charge in [-0.25, -0.2) is 4.98 Å². The number of halogens is 2. The second kappa shape index (κ2) is 9.23. The van der Waals surface area contributed by atoms with Gasteiger partial charge in [0.1, 0.15) is 6.10 Å². The van der Waals surface area contributed by atoms with Gasteiger partial charge in [-0.1, -0.05) is 51.8 Å². The van der Waals surface area contributed by atoms with Crippen LogP contribution in [0.5, 0.6) is 0 Å². The van der Waals surface area contributed by atoms with E-state index in [0.29, 0.717) is 13.2 Å². The average Bonchev–Trinajstić information content (AvgIpc) is 3.38. The number of benzene rings is 2. The largest absolute Gasteiger partial charge is 0.345 e. The lowest BCUT2D eigenvalue weighted by Gasteiger charge is -2.29. The highest BCUT2D eigenvalue weighted by molar-refractivity contribution is 9.10. The molecular weight excluding hydrogens is 472 g/mol. The van der Waals surface area contributed by atoms with Gasteiger partial charge >= 0.3 is 0 Å². The number of aryl methyl sites for hydroxylation is 1. The van der Waals surface area contributed by atoms with E-state index in [1.165, 1.54) is 5.56 Å². The van der Waals surface area contributed by atoms with E-state index in [1.807, 2.05) is 47.2 Å². The van der Waals surface area contributed by atoms with E-state index >= 15 is 0 Å². The number of thiol groups is 1. The smallest absolute Gasteiger partial charge is 0.187 e. The molecule has 152 valence electrons. The third kappa shape index (κ3) is 5.25. The van der Waals surface area contributed by atoms with Crippen molar-refractivity contribution < 1.29 is 9.47 Å². The molecule has 1 aliphatic rings. The minimum Gasteiger partial charge on any atom is -0.345 e. The van der Waals surface area contributed by atoms with Crippen LogP contribution in [0.15, 0.2) is 71.7 Å². The molecule has 4 rings (SSSR count). The predicted molar refractivity (Wildman–Crippen MR) is 121 cm³/mol. The van der Waals surface area contributed by atoms with Gasteiger partial charge in [0.05, 0.1) is 24.7 Å². The van der Waals surface area contributed by atoms with Crippen LogP contribution in [0.2, 0.25) is 5.02 Å². The highest BCUT2D eigenvalue weighted by Gasteiger charge is 2.44. The molecule has 1 fully saturated rings. The Morgan fingerprint density at radius 3 is 2.83 bits per heavy atom. The van der Waals surface area contributed by atoms with Crippen molar-refractivity contribution in [1.82, 2.24) is 9.55 Å².